The van der Waals surface area contributed by atoms with Crippen molar-refractivity contribution in [2.45, 2.75) is 20.0 Å². The predicted octanol–water partition coefficient (Wildman–Crippen LogP) is 2.59. The highest BCUT2D eigenvalue weighted by Gasteiger charge is 2.30. The van der Waals surface area contributed by atoms with E-state index in [0.29, 0.717) is 5.69 Å². The van der Waals surface area contributed by atoms with Crippen molar-refractivity contribution in [2.24, 2.45) is 0 Å². The van der Waals surface area contributed by atoms with Crippen molar-refractivity contribution < 1.29 is 27.5 Å². The monoisotopic (exact) mass is 356 g/mol. The molecule has 0 saturated carbocycles. The molecule has 1 aromatic carbocycles. The number of rotatable bonds is 3. The SMILES string of the molecule is CCOC(=O)NNC(=O)c1cnn(-c2cccc(C(F)(F)F)c2)c1C. The summed E-state index contributed by atoms with van der Waals surface area (Å²) in [5.41, 5.74) is 3.90. The van der Waals surface area contributed by atoms with E-state index in [1.54, 1.807) is 6.92 Å². The summed E-state index contributed by atoms with van der Waals surface area (Å²) in [6.45, 7) is 3.26. The van der Waals surface area contributed by atoms with E-state index in [9.17, 15) is 22.8 Å². The molecule has 134 valence electrons. The summed E-state index contributed by atoms with van der Waals surface area (Å²) >= 11 is 0. The number of nitrogens with zero attached hydrogens (tertiary/aromatic N) is 2. The van der Waals surface area contributed by atoms with Gasteiger partial charge in [-0.25, -0.2) is 14.9 Å². The summed E-state index contributed by atoms with van der Waals surface area (Å²) < 4.78 is 44.2. The quantitative estimate of drug-likeness (QED) is 0.828. The zero-order valence-electron chi connectivity index (χ0n) is 13.3. The maximum absolute atomic E-state index is 12.8. The summed E-state index contributed by atoms with van der Waals surface area (Å²) in [4.78, 5) is 23.2. The van der Waals surface area contributed by atoms with Crippen LogP contribution in [0.25, 0.3) is 5.69 Å². The molecule has 0 fully saturated rings. The Kier molecular flexibility index (Phi) is 5.30. The second-order valence-corrected chi connectivity index (χ2v) is 4.90. The van der Waals surface area contributed by atoms with Gasteiger partial charge in [-0.15, -0.1) is 0 Å². The van der Waals surface area contributed by atoms with Gasteiger partial charge in [-0.3, -0.25) is 10.2 Å². The number of amides is 2. The Bertz CT molecular complexity index is 787. The first-order chi connectivity index (χ1) is 11.7. The van der Waals surface area contributed by atoms with Crippen molar-refractivity contribution in [3.8, 4) is 5.69 Å². The number of carbonyl (C=O) groups is 2. The van der Waals surface area contributed by atoms with Gasteiger partial charge in [0.1, 0.15) is 0 Å². The van der Waals surface area contributed by atoms with Crippen molar-refractivity contribution in [1.29, 1.82) is 0 Å². The van der Waals surface area contributed by atoms with E-state index in [0.717, 1.165) is 12.1 Å². The maximum Gasteiger partial charge on any atom is 0.426 e. The number of halogens is 3. The topological polar surface area (TPSA) is 85.2 Å². The van der Waals surface area contributed by atoms with Crippen LogP contribution in [0.2, 0.25) is 0 Å². The Labute approximate surface area is 140 Å². The van der Waals surface area contributed by atoms with Gasteiger partial charge in [-0.2, -0.15) is 18.3 Å². The van der Waals surface area contributed by atoms with Crippen LogP contribution >= 0.6 is 0 Å². The minimum absolute atomic E-state index is 0.0919. The largest absolute Gasteiger partial charge is 0.449 e. The fraction of sp³-hybridized carbons (Fsp3) is 0.267. The molecule has 1 aromatic heterocycles. The number of ether oxygens (including phenoxy) is 1. The van der Waals surface area contributed by atoms with Crippen LogP contribution in [0.3, 0.4) is 0 Å². The first kappa shape index (κ1) is 18.3. The van der Waals surface area contributed by atoms with E-state index in [4.69, 9.17) is 0 Å². The summed E-state index contributed by atoms with van der Waals surface area (Å²) in [6.07, 6.45) is -4.13. The molecule has 2 aromatic rings. The van der Waals surface area contributed by atoms with Crippen molar-refractivity contribution in [2.75, 3.05) is 6.61 Å². The van der Waals surface area contributed by atoms with Crippen LogP contribution in [0.5, 0.6) is 0 Å². The summed E-state index contributed by atoms with van der Waals surface area (Å²) in [5, 5.41) is 3.94. The number of carbonyl (C=O) groups excluding carboxylic acids is 2. The van der Waals surface area contributed by atoms with Gasteiger partial charge in [0.2, 0.25) is 0 Å². The number of nitrogens with one attached hydrogen (secondary N) is 2. The molecule has 0 unspecified atom stereocenters. The number of hydrogen-bond acceptors (Lipinski definition) is 4. The van der Waals surface area contributed by atoms with Crippen LogP contribution in [0.1, 0.15) is 28.5 Å². The lowest BCUT2D eigenvalue weighted by atomic mass is 10.2. The lowest BCUT2D eigenvalue weighted by Gasteiger charge is -2.10. The molecule has 0 spiro atoms. The molecule has 0 aliphatic carbocycles. The second kappa shape index (κ2) is 7.24. The van der Waals surface area contributed by atoms with Crippen LogP contribution in [0.15, 0.2) is 30.5 Å². The third-order valence-corrected chi connectivity index (χ3v) is 3.23. The molecule has 1 heterocycles. The van der Waals surface area contributed by atoms with Gasteiger partial charge in [-0.05, 0) is 32.0 Å². The molecular weight excluding hydrogens is 341 g/mol. The normalized spacial score (nSPS) is 11.1. The van der Waals surface area contributed by atoms with E-state index in [2.05, 4.69) is 15.3 Å². The Morgan fingerprint density at radius 1 is 1.28 bits per heavy atom. The summed E-state index contributed by atoms with van der Waals surface area (Å²) in [7, 11) is 0. The van der Waals surface area contributed by atoms with Gasteiger partial charge >= 0.3 is 12.3 Å². The Morgan fingerprint density at radius 3 is 2.64 bits per heavy atom. The van der Waals surface area contributed by atoms with Crippen LogP contribution in [-0.2, 0) is 10.9 Å². The zero-order chi connectivity index (χ0) is 18.6. The fourth-order valence-corrected chi connectivity index (χ4v) is 2.05. The van der Waals surface area contributed by atoms with E-state index in [-0.39, 0.29) is 17.9 Å². The van der Waals surface area contributed by atoms with Crippen LogP contribution in [0, 0.1) is 6.92 Å². The van der Waals surface area contributed by atoms with Gasteiger partial charge < -0.3 is 4.74 Å². The van der Waals surface area contributed by atoms with E-state index in [1.165, 1.54) is 29.9 Å². The Morgan fingerprint density at radius 2 is 2.00 bits per heavy atom. The van der Waals surface area contributed by atoms with Crippen LogP contribution < -0.4 is 10.9 Å². The fourth-order valence-electron chi connectivity index (χ4n) is 2.05. The van der Waals surface area contributed by atoms with Gasteiger partial charge in [0.15, 0.2) is 0 Å². The number of alkyl halides is 3. The van der Waals surface area contributed by atoms with Crippen molar-refractivity contribution in [3.05, 3.63) is 47.3 Å². The lowest BCUT2D eigenvalue weighted by molar-refractivity contribution is -0.137. The molecule has 7 nitrogen and oxygen atoms in total. The molecule has 0 aliphatic rings. The number of benzene rings is 1. The average molecular weight is 356 g/mol. The first-order valence-electron chi connectivity index (χ1n) is 7.19. The predicted molar refractivity (Wildman–Crippen MR) is 80.9 cm³/mol. The first-order valence-corrected chi connectivity index (χ1v) is 7.19. The molecule has 0 aliphatic heterocycles. The van der Waals surface area contributed by atoms with Crippen molar-refractivity contribution in [1.82, 2.24) is 20.6 Å². The number of aromatic nitrogens is 2. The molecule has 25 heavy (non-hydrogen) atoms. The molecule has 0 saturated heterocycles. The van der Waals surface area contributed by atoms with Gasteiger partial charge in [0.25, 0.3) is 5.91 Å². The minimum atomic E-state index is -4.49. The molecule has 10 heteroatoms. The van der Waals surface area contributed by atoms with Gasteiger partial charge in [-0.1, -0.05) is 6.07 Å². The minimum Gasteiger partial charge on any atom is -0.449 e. The molecule has 0 bridgehead atoms. The van der Waals surface area contributed by atoms with E-state index >= 15 is 0 Å². The highest BCUT2D eigenvalue weighted by atomic mass is 19.4. The van der Waals surface area contributed by atoms with E-state index < -0.39 is 23.7 Å². The Hall–Kier alpha value is -3.04. The second-order valence-electron chi connectivity index (χ2n) is 4.90. The number of hydrogen-bond donors (Lipinski definition) is 2. The van der Waals surface area contributed by atoms with Crippen molar-refractivity contribution in [3.63, 3.8) is 0 Å². The molecule has 0 radical (unpaired) electrons. The molecule has 0 atom stereocenters. The molecular formula is C15H15F3N4O3. The van der Waals surface area contributed by atoms with Gasteiger partial charge in [0, 0.05) is 0 Å². The van der Waals surface area contributed by atoms with Crippen LogP contribution in [-0.4, -0.2) is 28.4 Å². The lowest BCUT2D eigenvalue weighted by Crippen LogP contribution is -2.42. The highest BCUT2D eigenvalue weighted by Crippen LogP contribution is 2.30. The van der Waals surface area contributed by atoms with Gasteiger partial charge in [0.05, 0.1) is 35.3 Å². The smallest absolute Gasteiger partial charge is 0.426 e. The maximum atomic E-state index is 12.8. The standard InChI is InChI=1S/C15H15F3N4O3/c1-3-25-14(24)21-20-13(23)12-8-19-22(9(12)2)11-6-4-5-10(7-11)15(16,17)18/h4-8H,3H2,1-2H3,(H,20,23)(H,21,24). The van der Waals surface area contributed by atoms with Crippen LogP contribution in [0.4, 0.5) is 18.0 Å². The molecule has 2 N–H and O–H groups in total. The average Bonchev–Trinajstić information content (AvgIpc) is 2.94. The van der Waals surface area contributed by atoms with Crippen molar-refractivity contribution >= 4 is 12.0 Å². The Balaban J connectivity index is 2.21. The third-order valence-electron chi connectivity index (χ3n) is 3.23. The summed E-state index contributed by atoms with van der Waals surface area (Å²) in [6, 6.07) is 4.56. The highest BCUT2D eigenvalue weighted by molar-refractivity contribution is 5.95. The molecule has 2 rings (SSSR count). The van der Waals surface area contributed by atoms with E-state index in [1.807, 2.05) is 5.43 Å². The molecule has 2 amide bonds. The zero-order valence-corrected chi connectivity index (χ0v) is 13.3. The third kappa shape index (κ3) is 4.28. The number of hydrazine groups is 1. The summed E-state index contributed by atoms with van der Waals surface area (Å²) in [5.74, 6) is -0.677.